The minimum atomic E-state index is -0.106. The maximum absolute atomic E-state index is 10.5. The van der Waals surface area contributed by atoms with Crippen LogP contribution in [0.5, 0.6) is 0 Å². The number of para-hydroxylation sites is 3. The molecule has 0 saturated heterocycles. The number of fused-ring (bicyclic) bond motifs is 7. The average molecular weight is 1140 g/mol. The van der Waals surface area contributed by atoms with Crippen molar-refractivity contribution in [1.82, 2.24) is 14.5 Å². The topological polar surface area (TPSA) is 61.0 Å². The Morgan fingerprint density at radius 2 is 0.818 bits per heavy atom. The maximum atomic E-state index is 10.5. The lowest BCUT2D eigenvalue weighted by Crippen LogP contribution is -2.61. The highest BCUT2D eigenvalue weighted by molar-refractivity contribution is 7.00. The van der Waals surface area contributed by atoms with Crippen molar-refractivity contribution in [3.63, 3.8) is 0 Å². The lowest BCUT2D eigenvalue weighted by Gasteiger charge is -2.45. The number of rotatable bonds is 7. The van der Waals surface area contributed by atoms with Gasteiger partial charge in [-0.25, -0.2) is 9.97 Å². The summed E-state index contributed by atoms with van der Waals surface area (Å²) in [5.74, 6) is 0.541. The summed E-state index contributed by atoms with van der Waals surface area (Å²) < 4.78 is 2.34. The van der Waals surface area contributed by atoms with Gasteiger partial charge in [0.05, 0.1) is 39.7 Å². The van der Waals surface area contributed by atoms with Crippen LogP contribution >= 0.6 is 0 Å². The second-order valence-electron chi connectivity index (χ2n) is 28.3. The van der Waals surface area contributed by atoms with E-state index in [-0.39, 0.29) is 28.4 Å². The summed E-state index contributed by atoms with van der Waals surface area (Å²) in [5, 5.41) is 12.8. The lowest BCUT2D eigenvalue weighted by molar-refractivity contribution is 0.568. The van der Waals surface area contributed by atoms with E-state index < -0.39 is 0 Å². The third-order valence-corrected chi connectivity index (χ3v) is 18.2. The number of hydrogen-bond acceptors (Lipinski definition) is 5. The average Bonchev–Trinajstić information content (AvgIpc) is 0.782. The first kappa shape index (κ1) is 56.1. The Kier molecular flexibility index (Phi) is 13.2. The number of nitrogens with zero attached hydrogens (tertiary/aromatic N) is 6. The summed E-state index contributed by atoms with van der Waals surface area (Å²) in [5.41, 5.74) is 25.7. The second kappa shape index (κ2) is 20.7. The Morgan fingerprint density at radius 1 is 0.364 bits per heavy atom. The van der Waals surface area contributed by atoms with Gasteiger partial charge in [0.15, 0.2) is 5.82 Å². The van der Waals surface area contributed by atoms with Crippen LogP contribution in [0, 0.1) is 11.3 Å². The van der Waals surface area contributed by atoms with Crippen molar-refractivity contribution in [2.45, 2.75) is 105 Å². The van der Waals surface area contributed by atoms with E-state index in [1.54, 1.807) is 0 Å². The molecule has 12 aromatic rings. The molecule has 88 heavy (non-hydrogen) atoms. The van der Waals surface area contributed by atoms with E-state index in [9.17, 15) is 5.26 Å². The first-order valence-electron chi connectivity index (χ1n) is 31.0. The molecule has 10 aromatic carbocycles. The molecule has 2 aromatic heterocycles. The molecule has 7 heteroatoms. The Morgan fingerprint density at radius 3 is 1.31 bits per heavy atom. The first-order valence-corrected chi connectivity index (χ1v) is 31.0. The van der Waals surface area contributed by atoms with Gasteiger partial charge in [-0.1, -0.05) is 217 Å². The summed E-state index contributed by atoms with van der Waals surface area (Å²) in [7, 11) is 0. The third kappa shape index (κ3) is 9.67. The SMILES string of the molecule is CC(C)(C)c1cc(N2c3ccccc3B3c4ccccc4N(c4cc(C(C)(C)C)cc(C(C)(C)C)c4)c4cc(-c5ccc6c(c5)c5ccccc5n6-c5ccc(C#N)cc5-c5nc(-c6ccccc6)cc(-c6ccccc6)n5)cc2c43)cc(C(C)(C)C)c1. The van der Waals surface area contributed by atoms with Gasteiger partial charge in [0.25, 0.3) is 6.71 Å². The summed E-state index contributed by atoms with van der Waals surface area (Å²) in [6.07, 6.45) is 0. The van der Waals surface area contributed by atoms with Crippen LogP contribution in [-0.4, -0.2) is 21.2 Å². The fraction of sp³-hybridized carbons (Fsp3) is 0.198. The van der Waals surface area contributed by atoms with Gasteiger partial charge in [0, 0.05) is 61.6 Å². The predicted molar refractivity (Wildman–Crippen MR) is 372 cm³/mol. The number of anilines is 6. The van der Waals surface area contributed by atoms with Crippen molar-refractivity contribution in [1.29, 1.82) is 5.26 Å². The van der Waals surface area contributed by atoms with Gasteiger partial charge >= 0.3 is 0 Å². The summed E-state index contributed by atoms with van der Waals surface area (Å²) in [4.78, 5) is 15.8. The van der Waals surface area contributed by atoms with Crippen LogP contribution in [0.25, 0.3) is 72.5 Å². The highest BCUT2D eigenvalue weighted by Gasteiger charge is 2.44. The van der Waals surface area contributed by atoms with Gasteiger partial charge in [-0.05, 0) is 162 Å². The van der Waals surface area contributed by atoms with Gasteiger partial charge in [0.2, 0.25) is 0 Å². The summed E-state index contributed by atoms with van der Waals surface area (Å²) in [6, 6.07) is 84.6. The monoisotopic (exact) mass is 1140 g/mol. The van der Waals surface area contributed by atoms with Crippen LogP contribution in [0.3, 0.4) is 0 Å². The minimum Gasteiger partial charge on any atom is -0.311 e. The van der Waals surface area contributed by atoms with Gasteiger partial charge < -0.3 is 14.4 Å². The van der Waals surface area contributed by atoms with Crippen LogP contribution in [0.2, 0.25) is 0 Å². The largest absolute Gasteiger partial charge is 0.311 e. The highest BCUT2D eigenvalue weighted by atomic mass is 15.2. The van der Waals surface area contributed by atoms with Gasteiger partial charge in [-0.15, -0.1) is 0 Å². The number of hydrogen-bond donors (Lipinski definition) is 0. The number of benzene rings is 10. The molecular weight excluding hydrogens is 1070 g/mol. The van der Waals surface area contributed by atoms with E-state index in [0.29, 0.717) is 11.4 Å². The predicted octanol–water partition coefficient (Wildman–Crippen LogP) is 19.4. The number of aromatic nitrogens is 3. The molecule has 0 saturated carbocycles. The van der Waals surface area contributed by atoms with E-state index in [1.165, 1.54) is 61.4 Å². The van der Waals surface area contributed by atoms with Crippen molar-refractivity contribution >= 4 is 79.0 Å². The molecule has 0 bridgehead atoms. The number of nitriles is 1. The van der Waals surface area contributed by atoms with Gasteiger partial charge in [-0.2, -0.15) is 5.26 Å². The quantitative estimate of drug-likeness (QED) is 0.149. The van der Waals surface area contributed by atoms with Crippen LogP contribution in [0.4, 0.5) is 34.1 Å². The van der Waals surface area contributed by atoms with Crippen molar-refractivity contribution < 1.29 is 0 Å². The van der Waals surface area contributed by atoms with E-state index in [2.05, 4.69) is 279 Å². The fourth-order valence-corrected chi connectivity index (χ4v) is 13.3. The van der Waals surface area contributed by atoms with Gasteiger partial charge in [0.1, 0.15) is 0 Å². The van der Waals surface area contributed by atoms with Crippen LogP contribution in [0.15, 0.2) is 224 Å². The molecule has 0 atom stereocenters. The molecule has 0 radical (unpaired) electrons. The molecular formula is C81H73BN6. The highest BCUT2D eigenvalue weighted by Crippen LogP contribution is 2.49. The van der Waals surface area contributed by atoms with E-state index in [0.717, 1.165) is 78.1 Å². The molecule has 14 rings (SSSR count). The van der Waals surface area contributed by atoms with E-state index in [1.807, 2.05) is 48.5 Å². The molecule has 0 unspecified atom stereocenters. The smallest absolute Gasteiger partial charge is 0.252 e. The molecule has 4 heterocycles. The molecule has 430 valence electrons. The third-order valence-electron chi connectivity index (χ3n) is 18.2. The lowest BCUT2D eigenvalue weighted by atomic mass is 9.33. The van der Waals surface area contributed by atoms with Crippen LogP contribution < -0.4 is 26.2 Å². The fourth-order valence-electron chi connectivity index (χ4n) is 13.3. The van der Waals surface area contributed by atoms with Crippen molar-refractivity contribution in [3.8, 4) is 56.8 Å². The molecule has 0 aliphatic carbocycles. The van der Waals surface area contributed by atoms with Crippen molar-refractivity contribution in [2.24, 2.45) is 0 Å². The Balaban J connectivity index is 1.04. The Labute approximate surface area is 519 Å². The first-order chi connectivity index (χ1) is 42.1. The van der Waals surface area contributed by atoms with E-state index >= 15 is 0 Å². The van der Waals surface area contributed by atoms with Crippen molar-refractivity contribution in [2.75, 3.05) is 9.80 Å². The van der Waals surface area contributed by atoms with Gasteiger partial charge in [-0.3, -0.25) is 0 Å². The zero-order valence-electron chi connectivity index (χ0n) is 52.6. The van der Waals surface area contributed by atoms with Crippen LogP contribution in [-0.2, 0) is 21.7 Å². The second-order valence-corrected chi connectivity index (χ2v) is 28.3. The molecule has 0 N–H and O–H groups in total. The standard InChI is InChI=1S/C81H73BN6/c1-78(2,3)56-43-57(79(4,5)6)46-60(45-56)86-72-33-23-20-30-65(72)82-66-31-21-24-34-73(66)87(61-47-58(80(7,8)9)44-59(48-61)81(10,11)12)75-42-55(41-74(86)76(75)82)54-36-38-70-63(40-54)62-29-19-22-32-69(62)88(70)71-37-35-51(50-83)39-64(71)77-84-67(52-25-15-13-16-26-52)49-68(85-77)53-27-17-14-18-28-53/h13-49H,1-12H3. The molecule has 2 aliphatic rings. The zero-order valence-corrected chi connectivity index (χ0v) is 52.6. The Hall–Kier alpha value is -9.77. The normalized spacial score (nSPS) is 13.1. The summed E-state index contributed by atoms with van der Waals surface area (Å²) >= 11 is 0. The van der Waals surface area contributed by atoms with Crippen LogP contribution in [0.1, 0.15) is 111 Å². The maximum Gasteiger partial charge on any atom is 0.252 e. The zero-order chi connectivity index (χ0) is 61.2. The molecule has 0 amide bonds. The minimum absolute atomic E-state index is 0.0390. The molecule has 6 nitrogen and oxygen atoms in total. The van der Waals surface area contributed by atoms with E-state index in [4.69, 9.17) is 9.97 Å². The molecule has 2 aliphatic heterocycles. The molecule has 0 fully saturated rings. The Bertz CT molecular complexity index is 4540. The molecule has 0 spiro atoms. The summed E-state index contributed by atoms with van der Waals surface area (Å²) in [6.45, 7) is 28.0. The van der Waals surface area contributed by atoms with Crippen molar-refractivity contribution in [3.05, 3.63) is 252 Å².